The number of benzene rings is 1. The molecule has 1 rings (SSSR count). The Kier molecular flexibility index (Phi) is 6.16. The van der Waals surface area contributed by atoms with Gasteiger partial charge in [-0.3, -0.25) is 4.79 Å². The third-order valence-corrected chi connectivity index (χ3v) is 3.68. The number of amides is 1. The van der Waals surface area contributed by atoms with Crippen LogP contribution >= 0.6 is 11.6 Å². The summed E-state index contributed by atoms with van der Waals surface area (Å²) in [6, 6.07) is 5.48. The summed E-state index contributed by atoms with van der Waals surface area (Å²) in [6.07, 6.45) is 1.04. The summed E-state index contributed by atoms with van der Waals surface area (Å²) in [4.78, 5) is 12.3. The molecule has 2 atom stereocenters. The van der Waals surface area contributed by atoms with Gasteiger partial charge in [0.1, 0.15) is 0 Å². The number of carbonyl (C=O) groups is 1. The van der Waals surface area contributed by atoms with Crippen LogP contribution in [0.3, 0.4) is 0 Å². The van der Waals surface area contributed by atoms with E-state index in [0.29, 0.717) is 16.5 Å². The molecule has 0 saturated heterocycles. The van der Waals surface area contributed by atoms with Gasteiger partial charge in [-0.2, -0.15) is 0 Å². The number of halogens is 1. The minimum atomic E-state index is -0.0775. The van der Waals surface area contributed by atoms with E-state index in [1.807, 2.05) is 19.9 Å². The van der Waals surface area contributed by atoms with Gasteiger partial charge < -0.3 is 10.6 Å². The van der Waals surface area contributed by atoms with Gasteiger partial charge in [0.05, 0.1) is 5.56 Å². The minimum Gasteiger partial charge on any atom is -0.385 e. The van der Waals surface area contributed by atoms with E-state index in [2.05, 4.69) is 24.5 Å². The van der Waals surface area contributed by atoms with Gasteiger partial charge in [0.15, 0.2) is 0 Å². The first-order valence-electron chi connectivity index (χ1n) is 6.83. The molecule has 1 amide bonds. The summed E-state index contributed by atoms with van der Waals surface area (Å²) in [5.41, 5.74) is 1.42. The molecule has 0 heterocycles. The fourth-order valence-electron chi connectivity index (χ4n) is 1.83. The predicted octanol–water partition coefficient (Wildman–Crippen LogP) is 3.94. The Hall–Kier alpha value is -1.22. The standard InChI is InChI=1S/C15H23ClN2O/c1-5-10(3)11(4)18-15(19)13-9-12(16)7-8-14(13)17-6-2/h7-11,17H,5-6H2,1-4H3,(H,18,19). The van der Waals surface area contributed by atoms with E-state index < -0.39 is 0 Å². The highest BCUT2D eigenvalue weighted by molar-refractivity contribution is 6.31. The van der Waals surface area contributed by atoms with Gasteiger partial charge in [-0.05, 0) is 38.0 Å². The van der Waals surface area contributed by atoms with Gasteiger partial charge >= 0.3 is 0 Å². The monoisotopic (exact) mass is 282 g/mol. The number of hydrogen-bond acceptors (Lipinski definition) is 2. The van der Waals surface area contributed by atoms with E-state index in [1.165, 1.54) is 0 Å². The zero-order valence-corrected chi connectivity index (χ0v) is 12.8. The first kappa shape index (κ1) is 15.8. The summed E-state index contributed by atoms with van der Waals surface area (Å²) >= 11 is 5.98. The van der Waals surface area contributed by atoms with E-state index in [-0.39, 0.29) is 11.9 Å². The Morgan fingerprint density at radius 1 is 1.32 bits per heavy atom. The van der Waals surface area contributed by atoms with Crippen molar-refractivity contribution in [2.24, 2.45) is 5.92 Å². The fraction of sp³-hybridized carbons (Fsp3) is 0.533. The lowest BCUT2D eigenvalue weighted by molar-refractivity contribution is 0.0929. The molecule has 0 saturated carbocycles. The molecular weight excluding hydrogens is 260 g/mol. The third kappa shape index (κ3) is 4.43. The first-order valence-corrected chi connectivity index (χ1v) is 7.21. The molecule has 19 heavy (non-hydrogen) atoms. The van der Waals surface area contributed by atoms with Crippen molar-refractivity contribution in [2.75, 3.05) is 11.9 Å². The first-order chi connectivity index (χ1) is 8.99. The third-order valence-electron chi connectivity index (χ3n) is 3.45. The lowest BCUT2D eigenvalue weighted by Gasteiger charge is -2.21. The number of nitrogens with one attached hydrogen (secondary N) is 2. The van der Waals surface area contributed by atoms with Crippen LogP contribution in [-0.4, -0.2) is 18.5 Å². The maximum atomic E-state index is 12.3. The Bertz CT molecular complexity index is 434. The number of hydrogen-bond donors (Lipinski definition) is 2. The fourth-order valence-corrected chi connectivity index (χ4v) is 2.00. The van der Waals surface area contributed by atoms with Gasteiger partial charge in [-0.1, -0.05) is 31.9 Å². The second kappa shape index (κ2) is 7.39. The van der Waals surface area contributed by atoms with Crippen molar-refractivity contribution in [3.63, 3.8) is 0 Å². The van der Waals surface area contributed by atoms with Crippen molar-refractivity contribution in [3.05, 3.63) is 28.8 Å². The summed E-state index contributed by atoms with van der Waals surface area (Å²) in [5.74, 6) is 0.372. The zero-order valence-electron chi connectivity index (χ0n) is 12.1. The molecule has 0 fully saturated rings. The Balaban J connectivity index is 2.89. The molecule has 0 aliphatic heterocycles. The molecule has 1 aromatic carbocycles. The number of rotatable bonds is 6. The molecule has 2 unspecified atom stereocenters. The molecule has 1 aromatic rings. The van der Waals surface area contributed by atoms with Crippen LogP contribution in [0.25, 0.3) is 0 Å². The van der Waals surface area contributed by atoms with Crippen molar-refractivity contribution >= 4 is 23.2 Å². The zero-order chi connectivity index (χ0) is 14.4. The lowest BCUT2D eigenvalue weighted by atomic mass is 10.0. The molecule has 106 valence electrons. The predicted molar refractivity (Wildman–Crippen MR) is 82.0 cm³/mol. The Morgan fingerprint density at radius 3 is 2.58 bits per heavy atom. The van der Waals surface area contributed by atoms with Crippen LogP contribution in [0.15, 0.2) is 18.2 Å². The van der Waals surface area contributed by atoms with Crippen molar-refractivity contribution in [1.29, 1.82) is 0 Å². The van der Waals surface area contributed by atoms with Crippen LogP contribution < -0.4 is 10.6 Å². The van der Waals surface area contributed by atoms with Crippen molar-refractivity contribution in [2.45, 2.75) is 40.2 Å². The van der Waals surface area contributed by atoms with Gasteiger partial charge in [0, 0.05) is 23.3 Å². The molecule has 0 spiro atoms. The summed E-state index contributed by atoms with van der Waals surface area (Å²) < 4.78 is 0. The summed E-state index contributed by atoms with van der Waals surface area (Å²) in [7, 11) is 0. The van der Waals surface area contributed by atoms with E-state index in [9.17, 15) is 4.79 Å². The SMILES string of the molecule is CCNc1ccc(Cl)cc1C(=O)NC(C)C(C)CC. The highest BCUT2D eigenvalue weighted by Crippen LogP contribution is 2.21. The van der Waals surface area contributed by atoms with Crippen molar-refractivity contribution in [1.82, 2.24) is 5.32 Å². The maximum absolute atomic E-state index is 12.3. The van der Waals surface area contributed by atoms with Crippen LogP contribution in [-0.2, 0) is 0 Å². The van der Waals surface area contributed by atoms with Crippen molar-refractivity contribution in [3.8, 4) is 0 Å². The maximum Gasteiger partial charge on any atom is 0.253 e. The topological polar surface area (TPSA) is 41.1 Å². The normalized spacial score (nSPS) is 13.7. The molecule has 0 bridgehead atoms. The quantitative estimate of drug-likeness (QED) is 0.830. The highest BCUT2D eigenvalue weighted by atomic mass is 35.5. The van der Waals surface area contributed by atoms with Crippen molar-refractivity contribution < 1.29 is 4.79 Å². The number of carbonyl (C=O) groups excluding carboxylic acids is 1. The average molecular weight is 283 g/mol. The Labute approximate surface area is 120 Å². The van der Waals surface area contributed by atoms with Crippen LogP contribution in [0.5, 0.6) is 0 Å². The van der Waals surface area contributed by atoms with Gasteiger partial charge in [0.2, 0.25) is 0 Å². The van der Waals surface area contributed by atoms with Crippen LogP contribution in [0.4, 0.5) is 5.69 Å². The molecule has 2 N–H and O–H groups in total. The van der Waals surface area contributed by atoms with E-state index >= 15 is 0 Å². The molecule has 4 heteroatoms. The average Bonchev–Trinajstić information content (AvgIpc) is 2.39. The second-order valence-electron chi connectivity index (χ2n) is 4.87. The molecule has 3 nitrogen and oxygen atoms in total. The summed E-state index contributed by atoms with van der Waals surface area (Å²) in [5, 5.41) is 6.79. The van der Waals surface area contributed by atoms with E-state index in [1.54, 1.807) is 12.1 Å². The van der Waals surface area contributed by atoms with Gasteiger partial charge in [0.25, 0.3) is 5.91 Å². The van der Waals surface area contributed by atoms with E-state index in [0.717, 1.165) is 18.7 Å². The lowest BCUT2D eigenvalue weighted by Crippen LogP contribution is -2.37. The van der Waals surface area contributed by atoms with Gasteiger partial charge in [-0.15, -0.1) is 0 Å². The van der Waals surface area contributed by atoms with Gasteiger partial charge in [-0.25, -0.2) is 0 Å². The summed E-state index contributed by atoms with van der Waals surface area (Å²) in [6.45, 7) is 9.05. The Morgan fingerprint density at radius 2 is 2.00 bits per heavy atom. The molecule has 0 aliphatic rings. The van der Waals surface area contributed by atoms with Crippen LogP contribution in [0.1, 0.15) is 44.5 Å². The van der Waals surface area contributed by atoms with Crippen LogP contribution in [0, 0.1) is 5.92 Å². The molecule has 0 aromatic heterocycles. The largest absolute Gasteiger partial charge is 0.385 e. The number of anilines is 1. The second-order valence-corrected chi connectivity index (χ2v) is 5.30. The molecular formula is C15H23ClN2O. The highest BCUT2D eigenvalue weighted by Gasteiger charge is 2.17. The minimum absolute atomic E-state index is 0.0775. The van der Waals surface area contributed by atoms with Crippen LogP contribution in [0.2, 0.25) is 5.02 Å². The molecule has 0 radical (unpaired) electrons. The molecule has 0 aliphatic carbocycles. The smallest absolute Gasteiger partial charge is 0.253 e. The van der Waals surface area contributed by atoms with E-state index in [4.69, 9.17) is 11.6 Å².